The molecule has 2 heterocycles. The minimum absolute atomic E-state index is 0.149. The second-order valence-corrected chi connectivity index (χ2v) is 12.5. The van der Waals surface area contributed by atoms with E-state index in [1.807, 2.05) is 30.3 Å². The quantitative estimate of drug-likeness (QED) is 0.449. The fraction of sp³-hybridized carbons (Fsp3) is 0.444. The average molecular weight is 559 g/mol. The van der Waals surface area contributed by atoms with Crippen LogP contribution in [0.4, 0.5) is 10.5 Å². The Morgan fingerprint density at radius 1 is 1.05 bits per heavy atom. The maximum atomic E-state index is 13.7. The summed E-state index contributed by atoms with van der Waals surface area (Å²) >= 11 is 0. The van der Waals surface area contributed by atoms with Crippen LogP contribution in [0.25, 0.3) is 0 Å². The van der Waals surface area contributed by atoms with Gasteiger partial charge in [-0.15, -0.1) is 0 Å². The zero-order valence-electron chi connectivity index (χ0n) is 22.2. The van der Waals surface area contributed by atoms with E-state index in [1.165, 1.54) is 24.4 Å². The number of sulfonamides is 1. The number of fused-ring (bicyclic) bond motifs is 2. The van der Waals surface area contributed by atoms with Gasteiger partial charge in [-0.25, -0.2) is 13.2 Å². The van der Waals surface area contributed by atoms with Gasteiger partial charge in [0, 0.05) is 25.0 Å². The predicted molar refractivity (Wildman–Crippen MR) is 145 cm³/mol. The molecule has 3 amide bonds. The number of anilines is 1. The van der Waals surface area contributed by atoms with Crippen molar-refractivity contribution in [3.05, 3.63) is 60.2 Å². The molecule has 1 fully saturated rings. The predicted octanol–water partition coefficient (Wildman–Crippen LogP) is 1.94. The summed E-state index contributed by atoms with van der Waals surface area (Å²) in [5, 5.41) is 13.9. The summed E-state index contributed by atoms with van der Waals surface area (Å²) in [6, 6.07) is 15.3. The number of benzene rings is 2. The Balaban J connectivity index is 1.50. The number of rotatable bonds is 8. The van der Waals surface area contributed by atoms with Crippen LogP contribution in [0.2, 0.25) is 0 Å². The van der Waals surface area contributed by atoms with E-state index in [2.05, 4.69) is 10.6 Å². The van der Waals surface area contributed by atoms with Crippen LogP contribution in [-0.4, -0.2) is 80.4 Å². The average Bonchev–Trinajstić information content (AvgIpc) is 3.21. The summed E-state index contributed by atoms with van der Waals surface area (Å²) in [7, 11) is -3.46. The van der Waals surface area contributed by atoms with Crippen molar-refractivity contribution in [1.29, 1.82) is 0 Å². The van der Waals surface area contributed by atoms with Crippen LogP contribution < -0.4 is 19.7 Å². The van der Waals surface area contributed by atoms with Gasteiger partial charge in [0.25, 0.3) is 0 Å². The Labute approximate surface area is 228 Å². The first-order valence-electron chi connectivity index (χ1n) is 12.7. The number of carbonyl (C=O) groups excluding carboxylic acids is 2. The summed E-state index contributed by atoms with van der Waals surface area (Å²) in [4.78, 5) is 39.4. The molecule has 1 saturated heterocycles. The third-order valence-electron chi connectivity index (χ3n) is 7.37. The van der Waals surface area contributed by atoms with Crippen LogP contribution in [0.15, 0.2) is 54.6 Å². The molecule has 0 aromatic heterocycles. The van der Waals surface area contributed by atoms with Gasteiger partial charge in [-0.1, -0.05) is 36.4 Å². The van der Waals surface area contributed by atoms with Crippen LogP contribution in [-0.2, 0) is 25.0 Å². The number of ether oxygens (including phenoxy) is 1. The van der Waals surface area contributed by atoms with E-state index in [1.54, 1.807) is 29.2 Å². The molecular formula is C27H34N4O7S. The van der Waals surface area contributed by atoms with Crippen molar-refractivity contribution in [3.63, 3.8) is 0 Å². The molecule has 210 valence electrons. The molecule has 1 atom stereocenters. The molecule has 2 aromatic rings. The van der Waals surface area contributed by atoms with Crippen LogP contribution in [0.3, 0.4) is 0 Å². The molecule has 1 spiro atoms. The minimum atomic E-state index is -3.46. The van der Waals surface area contributed by atoms with Gasteiger partial charge in [0.2, 0.25) is 21.8 Å². The highest BCUT2D eigenvalue weighted by molar-refractivity contribution is 7.92. The Morgan fingerprint density at radius 3 is 2.28 bits per heavy atom. The fourth-order valence-corrected chi connectivity index (χ4v) is 6.22. The molecule has 3 N–H and O–H groups in total. The number of piperidine rings is 1. The molecule has 2 aliphatic rings. The van der Waals surface area contributed by atoms with Crippen molar-refractivity contribution in [2.24, 2.45) is 0 Å². The van der Waals surface area contributed by atoms with E-state index in [0.717, 1.165) is 5.56 Å². The number of carboxylic acid groups (broad SMARTS) is 1. The van der Waals surface area contributed by atoms with Crippen LogP contribution >= 0.6 is 0 Å². The Kier molecular flexibility index (Phi) is 7.78. The van der Waals surface area contributed by atoms with Gasteiger partial charge < -0.3 is 25.4 Å². The van der Waals surface area contributed by atoms with Crippen LogP contribution in [0, 0.1) is 0 Å². The lowest BCUT2D eigenvalue weighted by molar-refractivity contribution is -0.139. The molecule has 0 unspecified atom stereocenters. The minimum Gasteiger partial charge on any atom is -0.491 e. The van der Waals surface area contributed by atoms with Crippen molar-refractivity contribution in [2.45, 2.75) is 43.7 Å². The second-order valence-electron chi connectivity index (χ2n) is 10.6. The zero-order valence-corrected chi connectivity index (χ0v) is 23.0. The lowest BCUT2D eigenvalue weighted by Crippen LogP contribution is -2.61. The SMILES string of the molecule is CC(C)(NC(=O)O)C(=O)N[C@H](COc1ccccc1)C(=O)N1CCC2(CC1)CN(S(C)(=O)=O)c1ccccc12. The number of nitrogens with zero attached hydrogens (tertiary/aromatic N) is 2. The van der Waals surface area contributed by atoms with Gasteiger partial charge in [-0.3, -0.25) is 13.9 Å². The first-order valence-corrected chi connectivity index (χ1v) is 14.5. The molecule has 0 aliphatic carbocycles. The second kappa shape index (κ2) is 10.8. The normalized spacial score (nSPS) is 17.3. The maximum Gasteiger partial charge on any atom is 0.405 e. The lowest BCUT2D eigenvalue weighted by Gasteiger charge is -2.41. The van der Waals surface area contributed by atoms with Gasteiger partial charge in [0.1, 0.15) is 23.9 Å². The molecule has 4 rings (SSSR count). The van der Waals surface area contributed by atoms with E-state index in [4.69, 9.17) is 9.84 Å². The van der Waals surface area contributed by atoms with Gasteiger partial charge in [-0.05, 0) is 50.5 Å². The first kappa shape index (κ1) is 28.2. The molecule has 0 saturated carbocycles. The summed E-state index contributed by atoms with van der Waals surface area (Å²) in [6.07, 6.45) is 0.935. The van der Waals surface area contributed by atoms with E-state index in [-0.39, 0.29) is 12.5 Å². The van der Waals surface area contributed by atoms with E-state index in [9.17, 15) is 22.8 Å². The summed E-state index contributed by atoms with van der Waals surface area (Å²) in [5.41, 5.74) is -0.259. The van der Waals surface area contributed by atoms with Crippen LogP contribution in [0.1, 0.15) is 32.3 Å². The topological polar surface area (TPSA) is 145 Å². The molecular weight excluding hydrogens is 524 g/mol. The lowest BCUT2D eigenvalue weighted by atomic mass is 9.74. The molecule has 2 aromatic carbocycles. The molecule has 12 heteroatoms. The highest BCUT2D eigenvalue weighted by Crippen LogP contribution is 2.47. The zero-order chi connectivity index (χ0) is 28.4. The van der Waals surface area contributed by atoms with Crippen molar-refractivity contribution in [2.75, 3.05) is 36.8 Å². The fourth-order valence-electron chi connectivity index (χ4n) is 5.22. The first-order chi connectivity index (χ1) is 18.3. The summed E-state index contributed by atoms with van der Waals surface area (Å²) in [6.45, 7) is 3.71. The summed E-state index contributed by atoms with van der Waals surface area (Å²) in [5.74, 6) is -0.498. The third kappa shape index (κ3) is 6.11. The maximum absolute atomic E-state index is 13.7. The Morgan fingerprint density at radius 2 is 1.67 bits per heavy atom. The molecule has 0 bridgehead atoms. The number of likely N-dealkylation sites (tertiary alicyclic amines) is 1. The van der Waals surface area contributed by atoms with E-state index < -0.39 is 39.0 Å². The number of amides is 3. The standard InChI is InChI=1S/C27H34N4O7S/c1-26(2,29-25(34)35)24(33)28-21(17-38-19-9-5-4-6-10-19)23(32)30-15-13-27(14-16-30)18-31(39(3,36)37)22-12-8-7-11-20(22)27/h4-12,21,29H,13-18H2,1-3H3,(H,28,33)(H,34,35)/t21-/m1/s1. The third-order valence-corrected chi connectivity index (χ3v) is 8.50. The number of hydrogen-bond acceptors (Lipinski definition) is 6. The number of hydrogen-bond donors (Lipinski definition) is 3. The van der Waals surface area contributed by atoms with Crippen molar-refractivity contribution in [3.8, 4) is 5.75 Å². The van der Waals surface area contributed by atoms with E-state index >= 15 is 0 Å². The van der Waals surface area contributed by atoms with Crippen molar-refractivity contribution < 1.29 is 32.6 Å². The van der Waals surface area contributed by atoms with Crippen molar-refractivity contribution >= 4 is 33.6 Å². The highest BCUT2D eigenvalue weighted by Gasteiger charge is 2.48. The molecule has 2 aliphatic heterocycles. The number of nitrogens with one attached hydrogen (secondary N) is 2. The monoisotopic (exact) mass is 558 g/mol. The van der Waals surface area contributed by atoms with Gasteiger partial charge in [-0.2, -0.15) is 0 Å². The smallest absolute Gasteiger partial charge is 0.405 e. The van der Waals surface area contributed by atoms with Crippen molar-refractivity contribution in [1.82, 2.24) is 15.5 Å². The Hall–Kier alpha value is -3.80. The van der Waals surface area contributed by atoms with Crippen LogP contribution in [0.5, 0.6) is 5.75 Å². The Bertz CT molecular complexity index is 1340. The highest BCUT2D eigenvalue weighted by atomic mass is 32.2. The number of para-hydroxylation sites is 2. The molecule has 0 radical (unpaired) electrons. The van der Waals surface area contributed by atoms with Gasteiger partial charge in [0.05, 0.1) is 11.9 Å². The molecule has 39 heavy (non-hydrogen) atoms. The van der Waals surface area contributed by atoms with Gasteiger partial charge in [0.15, 0.2) is 0 Å². The number of carbonyl (C=O) groups is 3. The largest absolute Gasteiger partial charge is 0.491 e. The van der Waals surface area contributed by atoms with E-state index in [0.29, 0.717) is 43.9 Å². The molecule has 11 nitrogen and oxygen atoms in total. The van der Waals surface area contributed by atoms with Gasteiger partial charge >= 0.3 is 6.09 Å². The summed E-state index contributed by atoms with van der Waals surface area (Å²) < 4.78 is 32.2.